The van der Waals surface area contributed by atoms with Gasteiger partial charge in [-0.2, -0.15) is 10.4 Å². The average Bonchev–Trinajstić information content (AvgIpc) is 3.34. The van der Waals surface area contributed by atoms with Gasteiger partial charge in [-0.15, -0.1) is 0 Å². The van der Waals surface area contributed by atoms with Crippen LogP contribution in [0.4, 0.5) is 5.82 Å². The Labute approximate surface area is 193 Å². The van der Waals surface area contributed by atoms with Gasteiger partial charge in [0.2, 0.25) is 0 Å². The Morgan fingerprint density at radius 2 is 1.91 bits per heavy atom. The number of carbonyl (C=O) groups is 1. The summed E-state index contributed by atoms with van der Waals surface area (Å²) in [4.78, 5) is 15.0. The van der Waals surface area contributed by atoms with Crippen LogP contribution in [0, 0.1) is 11.3 Å². The second-order valence-electron chi connectivity index (χ2n) is 8.42. The lowest BCUT2D eigenvalue weighted by Gasteiger charge is -2.38. The van der Waals surface area contributed by atoms with E-state index in [0.717, 1.165) is 35.4 Å². The molecule has 6 nitrogen and oxygen atoms in total. The number of hydrogen-bond acceptors (Lipinski definition) is 5. The number of ketones is 1. The number of nitrogens with two attached hydrogens (primary N) is 1. The molecular formula is C27H25N5O. The molecule has 164 valence electrons. The molecule has 1 aromatic heterocycles. The summed E-state index contributed by atoms with van der Waals surface area (Å²) in [7, 11) is 0. The zero-order valence-corrected chi connectivity index (χ0v) is 18.5. The van der Waals surface area contributed by atoms with Gasteiger partial charge in [0.1, 0.15) is 5.82 Å². The van der Waals surface area contributed by atoms with Crippen molar-refractivity contribution in [1.82, 2.24) is 10.2 Å². The topological polar surface area (TPSA) is 98.8 Å². The fourth-order valence-electron chi connectivity index (χ4n) is 4.82. The Bertz CT molecular complexity index is 1310. The van der Waals surface area contributed by atoms with Crippen molar-refractivity contribution < 1.29 is 4.79 Å². The molecule has 2 aromatic carbocycles. The van der Waals surface area contributed by atoms with E-state index in [1.54, 1.807) is 4.90 Å². The van der Waals surface area contributed by atoms with E-state index in [9.17, 15) is 10.1 Å². The molecule has 6 heteroatoms. The van der Waals surface area contributed by atoms with Crippen LogP contribution in [0.25, 0.3) is 11.3 Å². The van der Waals surface area contributed by atoms with Crippen molar-refractivity contribution in [3.8, 4) is 17.3 Å². The molecule has 1 aliphatic heterocycles. The van der Waals surface area contributed by atoms with Crippen LogP contribution < -0.4 is 10.6 Å². The first-order valence-corrected chi connectivity index (χ1v) is 11.3. The van der Waals surface area contributed by atoms with Gasteiger partial charge in [0.05, 0.1) is 23.3 Å². The van der Waals surface area contributed by atoms with E-state index in [1.165, 1.54) is 5.56 Å². The number of hydrogen-bond donors (Lipinski definition) is 2. The number of H-pyrrole nitrogens is 1. The molecule has 3 aromatic rings. The summed E-state index contributed by atoms with van der Waals surface area (Å²) in [5, 5.41) is 17.7. The molecule has 1 unspecified atom stereocenters. The summed E-state index contributed by atoms with van der Waals surface area (Å²) in [5.74, 6) is 0.542. The second kappa shape index (κ2) is 8.44. The predicted molar refractivity (Wildman–Crippen MR) is 128 cm³/mol. The summed E-state index contributed by atoms with van der Waals surface area (Å²) >= 11 is 0. The number of anilines is 1. The Morgan fingerprint density at radius 1 is 1.15 bits per heavy atom. The number of aryl methyl sites for hydroxylation is 1. The Morgan fingerprint density at radius 3 is 2.61 bits per heavy atom. The Hall–Kier alpha value is -4.11. The molecule has 3 N–H and O–H groups in total. The molecule has 1 aliphatic carbocycles. The lowest BCUT2D eigenvalue weighted by Crippen LogP contribution is -2.38. The maximum atomic E-state index is 13.2. The molecule has 0 fully saturated rings. The van der Waals surface area contributed by atoms with Gasteiger partial charge < -0.3 is 5.73 Å². The number of nitriles is 1. The van der Waals surface area contributed by atoms with Gasteiger partial charge in [-0.05, 0) is 36.0 Å². The van der Waals surface area contributed by atoms with Crippen LogP contribution >= 0.6 is 0 Å². The number of rotatable bonds is 4. The van der Waals surface area contributed by atoms with E-state index in [0.29, 0.717) is 35.6 Å². The zero-order valence-electron chi connectivity index (χ0n) is 18.5. The molecule has 0 saturated heterocycles. The minimum Gasteiger partial charge on any atom is -0.384 e. The number of aromatic nitrogens is 2. The van der Waals surface area contributed by atoms with Crippen LogP contribution in [0.3, 0.4) is 0 Å². The summed E-state index contributed by atoms with van der Waals surface area (Å²) in [6.45, 7) is 2.10. The first kappa shape index (κ1) is 20.8. The molecule has 0 saturated carbocycles. The van der Waals surface area contributed by atoms with Crippen LogP contribution in [0.1, 0.15) is 43.2 Å². The molecule has 0 bridgehead atoms. The summed E-state index contributed by atoms with van der Waals surface area (Å²) in [6.07, 6.45) is 2.86. The van der Waals surface area contributed by atoms with Crippen LogP contribution in [0.2, 0.25) is 0 Å². The third kappa shape index (κ3) is 3.52. The van der Waals surface area contributed by atoms with Crippen molar-refractivity contribution in [3.63, 3.8) is 0 Å². The predicted octanol–water partition coefficient (Wildman–Crippen LogP) is 4.94. The number of nitrogens with zero attached hydrogens (tertiary/aromatic N) is 3. The van der Waals surface area contributed by atoms with Crippen molar-refractivity contribution in [2.75, 3.05) is 4.90 Å². The fraction of sp³-hybridized carbons (Fsp3) is 0.222. The minimum absolute atomic E-state index is 0.0740. The van der Waals surface area contributed by atoms with E-state index in [1.807, 2.05) is 48.5 Å². The van der Waals surface area contributed by atoms with Gasteiger partial charge in [0, 0.05) is 23.8 Å². The van der Waals surface area contributed by atoms with Crippen molar-refractivity contribution in [3.05, 3.63) is 94.5 Å². The summed E-state index contributed by atoms with van der Waals surface area (Å²) < 4.78 is 0. The average molecular weight is 436 g/mol. The number of nitrogens with one attached hydrogen (secondary N) is 1. The van der Waals surface area contributed by atoms with Crippen LogP contribution in [-0.4, -0.2) is 16.0 Å². The van der Waals surface area contributed by atoms with E-state index in [-0.39, 0.29) is 5.78 Å². The fourth-order valence-corrected chi connectivity index (χ4v) is 4.82. The van der Waals surface area contributed by atoms with Crippen molar-refractivity contribution in [1.29, 1.82) is 5.26 Å². The molecular weight excluding hydrogens is 410 g/mol. The summed E-state index contributed by atoms with van der Waals surface area (Å²) in [5.41, 5.74) is 12.5. The number of carbonyl (C=O) groups excluding carboxylic acids is 1. The van der Waals surface area contributed by atoms with Gasteiger partial charge in [-0.1, -0.05) is 61.5 Å². The number of Topliss-reactive ketones (excluding diaryl/α,β-unsaturated/α-hetero) is 1. The first-order chi connectivity index (χ1) is 16.1. The van der Waals surface area contributed by atoms with Gasteiger partial charge >= 0.3 is 0 Å². The van der Waals surface area contributed by atoms with Gasteiger partial charge in [-0.3, -0.25) is 14.8 Å². The van der Waals surface area contributed by atoms with Crippen LogP contribution in [-0.2, 0) is 11.2 Å². The summed E-state index contributed by atoms with van der Waals surface area (Å²) in [6, 6.07) is 22.3. The van der Waals surface area contributed by atoms with Crippen molar-refractivity contribution in [2.45, 2.75) is 38.5 Å². The molecule has 1 atom stereocenters. The molecule has 5 rings (SSSR count). The highest BCUT2D eigenvalue weighted by molar-refractivity contribution is 6.01. The highest BCUT2D eigenvalue weighted by Crippen LogP contribution is 2.46. The molecule has 0 spiro atoms. The number of aromatic amines is 1. The molecule has 33 heavy (non-hydrogen) atoms. The van der Waals surface area contributed by atoms with Crippen molar-refractivity contribution >= 4 is 11.6 Å². The first-order valence-electron chi connectivity index (χ1n) is 11.3. The van der Waals surface area contributed by atoms with Gasteiger partial charge in [-0.25, -0.2) is 0 Å². The molecule has 2 heterocycles. The third-order valence-corrected chi connectivity index (χ3v) is 6.51. The zero-order chi connectivity index (χ0) is 22.9. The minimum atomic E-state index is -0.451. The Kier molecular flexibility index (Phi) is 5.31. The van der Waals surface area contributed by atoms with E-state index >= 15 is 0 Å². The number of allylic oxidation sites excluding steroid dienone is 3. The van der Waals surface area contributed by atoms with Crippen LogP contribution in [0.15, 0.2) is 83.3 Å². The normalized spacial score (nSPS) is 18.4. The highest BCUT2D eigenvalue weighted by Gasteiger charge is 2.40. The second-order valence-corrected chi connectivity index (χ2v) is 8.42. The molecule has 0 amide bonds. The standard InChI is InChI=1S/C27H25N5O/c1-2-17-11-13-19(14-12-17)25-20(16-28)27(29)32(22-9-6-10-23(33)26(22)25)24-15-21(30-31-24)18-7-4-3-5-8-18/h3-5,7-8,11-15,25H,2,6,9-10,29H2,1H3,(H,30,31). The largest absolute Gasteiger partial charge is 0.384 e. The van der Waals surface area contributed by atoms with E-state index in [2.05, 4.69) is 35.3 Å². The lowest BCUT2D eigenvalue weighted by molar-refractivity contribution is -0.116. The molecule has 2 aliphatic rings. The van der Waals surface area contributed by atoms with Crippen molar-refractivity contribution in [2.24, 2.45) is 5.73 Å². The molecule has 0 radical (unpaired) electrons. The lowest BCUT2D eigenvalue weighted by atomic mass is 9.75. The van der Waals surface area contributed by atoms with Gasteiger partial charge in [0.25, 0.3) is 0 Å². The van der Waals surface area contributed by atoms with Gasteiger partial charge in [0.15, 0.2) is 11.6 Å². The van der Waals surface area contributed by atoms with Crippen LogP contribution in [0.5, 0.6) is 0 Å². The quantitative estimate of drug-likeness (QED) is 0.604. The maximum Gasteiger partial charge on any atom is 0.161 e. The smallest absolute Gasteiger partial charge is 0.161 e. The SMILES string of the molecule is CCc1ccc(C2C(C#N)=C(N)N(c3cc(-c4ccccc4)[nH]n3)C3=C2C(=O)CCC3)cc1. The van der Waals surface area contributed by atoms with E-state index in [4.69, 9.17) is 5.73 Å². The Balaban J connectivity index is 1.65. The maximum absolute atomic E-state index is 13.2. The van der Waals surface area contributed by atoms with E-state index < -0.39 is 5.92 Å². The third-order valence-electron chi connectivity index (χ3n) is 6.51. The monoisotopic (exact) mass is 435 g/mol. The number of benzene rings is 2. The highest BCUT2D eigenvalue weighted by atomic mass is 16.1.